The van der Waals surface area contributed by atoms with E-state index in [-0.39, 0.29) is 18.4 Å². The third-order valence-electron chi connectivity index (χ3n) is 3.42. The van der Waals surface area contributed by atoms with Gasteiger partial charge in [-0.25, -0.2) is 0 Å². The van der Waals surface area contributed by atoms with Gasteiger partial charge >= 0.3 is 0 Å². The highest BCUT2D eigenvalue weighted by molar-refractivity contribution is 5.78. The summed E-state index contributed by atoms with van der Waals surface area (Å²) in [5.74, 6) is 0.347. The largest absolute Gasteiger partial charge is 0.389 e. The summed E-state index contributed by atoms with van der Waals surface area (Å²) in [6.45, 7) is 0.644. The summed E-state index contributed by atoms with van der Waals surface area (Å²) in [4.78, 5) is 13.8. The summed E-state index contributed by atoms with van der Waals surface area (Å²) in [7, 11) is 3.32. The Balaban J connectivity index is 2.38. The highest BCUT2D eigenvalue weighted by Gasteiger charge is 2.24. The second-order valence-electron chi connectivity index (χ2n) is 5.02. The van der Waals surface area contributed by atoms with Crippen molar-refractivity contribution >= 4 is 5.91 Å². The number of hydrogen-bond donors (Lipinski definition) is 1. The Kier molecular flexibility index (Phi) is 6.52. The molecule has 17 heavy (non-hydrogen) atoms. The molecular formula is C13H25NO3. The quantitative estimate of drug-likeness (QED) is 0.743. The van der Waals surface area contributed by atoms with E-state index in [1.807, 2.05) is 0 Å². The number of aliphatic hydroxyl groups is 1. The van der Waals surface area contributed by atoms with Crippen LogP contribution in [0.3, 0.4) is 0 Å². The van der Waals surface area contributed by atoms with Crippen LogP contribution in [0.4, 0.5) is 0 Å². The lowest BCUT2D eigenvalue weighted by Crippen LogP contribution is -2.39. The fourth-order valence-corrected chi connectivity index (χ4v) is 2.49. The molecule has 1 atom stereocenters. The van der Waals surface area contributed by atoms with E-state index in [1.165, 1.54) is 12.8 Å². The lowest BCUT2D eigenvalue weighted by molar-refractivity contribution is -0.136. The van der Waals surface area contributed by atoms with Gasteiger partial charge in [-0.15, -0.1) is 0 Å². The summed E-state index contributed by atoms with van der Waals surface area (Å²) in [5.41, 5.74) is 0. The second kappa shape index (κ2) is 7.67. The van der Waals surface area contributed by atoms with Crippen LogP contribution in [0.25, 0.3) is 0 Å². The van der Waals surface area contributed by atoms with E-state index < -0.39 is 6.10 Å². The molecule has 0 saturated heterocycles. The normalized spacial score (nSPS) is 19.7. The Morgan fingerprint density at radius 1 is 1.35 bits per heavy atom. The van der Waals surface area contributed by atoms with Crippen LogP contribution in [-0.2, 0) is 9.53 Å². The van der Waals surface area contributed by atoms with Crippen molar-refractivity contribution in [3.05, 3.63) is 0 Å². The molecule has 1 N–H and O–H groups in total. The molecule has 0 aromatic carbocycles. The standard InChI is InChI=1S/C13H25NO3/c1-14(9-12(15)10-17-2)13(16)11-7-5-3-4-6-8-11/h11-12,15H,3-10H2,1-2H3. The molecule has 1 rings (SSSR count). The lowest BCUT2D eigenvalue weighted by atomic mass is 9.99. The minimum Gasteiger partial charge on any atom is -0.389 e. The van der Waals surface area contributed by atoms with Crippen molar-refractivity contribution in [2.24, 2.45) is 5.92 Å². The van der Waals surface area contributed by atoms with Crippen molar-refractivity contribution in [2.45, 2.75) is 44.6 Å². The number of carbonyl (C=O) groups excluding carboxylic acids is 1. The van der Waals surface area contributed by atoms with Crippen LogP contribution >= 0.6 is 0 Å². The fourth-order valence-electron chi connectivity index (χ4n) is 2.49. The third-order valence-corrected chi connectivity index (χ3v) is 3.42. The van der Waals surface area contributed by atoms with E-state index in [9.17, 15) is 9.90 Å². The van der Waals surface area contributed by atoms with Gasteiger partial charge in [-0.05, 0) is 12.8 Å². The van der Waals surface area contributed by atoms with Gasteiger partial charge in [0.25, 0.3) is 0 Å². The van der Waals surface area contributed by atoms with Gasteiger partial charge in [-0.1, -0.05) is 25.7 Å². The average Bonchev–Trinajstić information content (AvgIpc) is 2.56. The zero-order valence-electron chi connectivity index (χ0n) is 11.0. The molecule has 0 radical (unpaired) electrons. The maximum absolute atomic E-state index is 12.2. The van der Waals surface area contributed by atoms with Crippen molar-refractivity contribution in [3.63, 3.8) is 0 Å². The van der Waals surface area contributed by atoms with Crippen molar-refractivity contribution in [2.75, 3.05) is 27.3 Å². The van der Waals surface area contributed by atoms with Crippen LogP contribution in [0.15, 0.2) is 0 Å². The molecule has 1 aliphatic carbocycles. The number of rotatable bonds is 5. The lowest BCUT2D eigenvalue weighted by Gasteiger charge is -2.24. The SMILES string of the molecule is COCC(O)CN(C)C(=O)C1CCCCCC1. The summed E-state index contributed by atoms with van der Waals surface area (Å²) < 4.78 is 4.86. The van der Waals surface area contributed by atoms with E-state index in [4.69, 9.17) is 4.74 Å². The minimum atomic E-state index is -0.584. The number of methoxy groups -OCH3 is 1. The Labute approximate surface area is 104 Å². The molecule has 0 bridgehead atoms. The Bertz CT molecular complexity index is 225. The highest BCUT2D eigenvalue weighted by atomic mass is 16.5. The van der Waals surface area contributed by atoms with E-state index in [1.54, 1.807) is 19.1 Å². The number of carbonyl (C=O) groups is 1. The molecule has 0 spiro atoms. The molecule has 1 amide bonds. The van der Waals surface area contributed by atoms with Gasteiger partial charge in [-0.2, -0.15) is 0 Å². The summed E-state index contributed by atoms with van der Waals surface area (Å²) in [5, 5.41) is 9.60. The molecule has 1 aliphatic rings. The first-order chi connectivity index (χ1) is 8.15. The molecule has 1 unspecified atom stereocenters. The van der Waals surface area contributed by atoms with Crippen LogP contribution in [0.1, 0.15) is 38.5 Å². The van der Waals surface area contributed by atoms with Crippen LogP contribution in [-0.4, -0.2) is 49.3 Å². The smallest absolute Gasteiger partial charge is 0.225 e. The monoisotopic (exact) mass is 243 g/mol. The zero-order chi connectivity index (χ0) is 12.7. The number of ether oxygens (including phenoxy) is 1. The summed E-state index contributed by atoms with van der Waals surface area (Å²) >= 11 is 0. The zero-order valence-corrected chi connectivity index (χ0v) is 11.0. The van der Waals surface area contributed by atoms with Gasteiger partial charge in [-0.3, -0.25) is 4.79 Å². The summed E-state index contributed by atoms with van der Waals surface area (Å²) in [6.07, 6.45) is 6.24. The average molecular weight is 243 g/mol. The first-order valence-corrected chi connectivity index (χ1v) is 6.57. The van der Waals surface area contributed by atoms with Gasteiger partial charge in [0.1, 0.15) is 0 Å². The van der Waals surface area contributed by atoms with Crippen molar-refractivity contribution in [1.29, 1.82) is 0 Å². The predicted molar refractivity (Wildman–Crippen MR) is 66.7 cm³/mol. The number of likely N-dealkylation sites (N-methyl/N-ethyl adjacent to an activating group) is 1. The molecule has 100 valence electrons. The Morgan fingerprint density at radius 3 is 2.47 bits per heavy atom. The topological polar surface area (TPSA) is 49.8 Å². The summed E-state index contributed by atoms with van der Waals surface area (Å²) in [6, 6.07) is 0. The molecule has 4 nitrogen and oxygen atoms in total. The molecule has 4 heteroatoms. The van der Waals surface area contributed by atoms with Gasteiger partial charge < -0.3 is 14.7 Å². The third kappa shape index (κ3) is 5.04. The van der Waals surface area contributed by atoms with E-state index in [2.05, 4.69) is 0 Å². The van der Waals surface area contributed by atoms with Crippen molar-refractivity contribution < 1.29 is 14.6 Å². The number of hydrogen-bond acceptors (Lipinski definition) is 3. The maximum atomic E-state index is 12.2. The van der Waals surface area contributed by atoms with Crippen LogP contribution in [0.2, 0.25) is 0 Å². The second-order valence-corrected chi connectivity index (χ2v) is 5.02. The van der Waals surface area contributed by atoms with Gasteiger partial charge in [0.2, 0.25) is 5.91 Å². The molecule has 1 fully saturated rings. The van der Waals surface area contributed by atoms with Crippen molar-refractivity contribution in [3.8, 4) is 0 Å². The van der Waals surface area contributed by atoms with Crippen LogP contribution < -0.4 is 0 Å². The van der Waals surface area contributed by atoms with E-state index >= 15 is 0 Å². The first-order valence-electron chi connectivity index (χ1n) is 6.57. The number of aliphatic hydroxyl groups excluding tert-OH is 1. The molecule has 0 aromatic heterocycles. The van der Waals surface area contributed by atoms with Crippen LogP contribution in [0.5, 0.6) is 0 Å². The van der Waals surface area contributed by atoms with Gasteiger partial charge in [0.15, 0.2) is 0 Å². The van der Waals surface area contributed by atoms with Crippen molar-refractivity contribution in [1.82, 2.24) is 4.90 Å². The molecular weight excluding hydrogens is 218 g/mol. The molecule has 0 aliphatic heterocycles. The van der Waals surface area contributed by atoms with E-state index in [0.29, 0.717) is 6.54 Å². The molecule has 0 heterocycles. The number of amides is 1. The fraction of sp³-hybridized carbons (Fsp3) is 0.923. The van der Waals surface area contributed by atoms with E-state index in [0.717, 1.165) is 25.7 Å². The first kappa shape index (κ1) is 14.5. The minimum absolute atomic E-state index is 0.164. The van der Waals surface area contributed by atoms with Gasteiger partial charge in [0.05, 0.1) is 12.7 Å². The van der Waals surface area contributed by atoms with Gasteiger partial charge in [0, 0.05) is 26.6 Å². The highest BCUT2D eigenvalue weighted by Crippen LogP contribution is 2.24. The number of nitrogens with zero attached hydrogens (tertiary/aromatic N) is 1. The Hall–Kier alpha value is -0.610. The molecule has 1 saturated carbocycles. The van der Waals surface area contributed by atoms with Crippen LogP contribution in [0, 0.1) is 5.92 Å². The maximum Gasteiger partial charge on any atom is 0.225 e. The Morgan fingerprint density at radius 2 is 1.94 bits per heavy atom. The predicted octanol–water partition coefficient (Wildman–Crippen LogP) is 1.42. The molecule has 0 aromatic rings.